The summed E-state index contributed by atoms with van der Waals surface area (Å²) in [5, 5.41) is 4.60. The molecule has 1 aromatic carbocycles. The molecule has 0 aliphatic heterocycles. The minimum atomic E-state index is -0.466. The largest absolute Gasteiger partial charge is 0.484 e. The van der Waals surface area contributed by atoms with E-state index in [1.165, 1.54) is 42.7 Å². The summed E-state index contributed by atoms with van der Waals surface area (Å²) in [7, 11) is 1.30. The van der Waals surface area contributed by atoms with Crippen molar-refractivity contribution in [3.63, 3.8) is 0 Å². The molecule has 2 aromatic rings. The van der Waals surface area contributed by atoms with Gasteiger partial charge in [0, 0.05) is 4.88 Å². The molecule has 1 heterocycles. The molecule has 1 aromatic heterocycles. The fourth-order valence-electron chi connectivity index (χ4n) is 1.88. The lowest BCUT2D eigenvalue weighted by atomic mass is 10.1. The average molecular weight is 337 g/mol. The van der Waals surface area contributed by atoms with Crippen LogP contribution in [0.4, 0.5) is 4.39 Å². The lowest BCUT2D eigenvalue weighted by Crippen LogP contribution is -2.33. The van der Waals surface area contributed by atoms with Gasteiger partial charge >= 0.3 is 5.97 Å². The van der Waals surface area contributed by atoms with E-state index in [1.54, 1.807) is 0 Å². The maximum Gasteiger partial charge on any atom is 0.307 e. The van der Waals surface area contributed by atoms with Crippen molar-refractivity contribution in [2.75, 3.05) is 13.7 Å². The van der Waals surface area contributed by atoms with Crippen LogP contribution in [0.25, 0.3) is 0 Å². The number of halogens is 1. The molecule has 2 rings (SSSR count). The Kier molecular flexibility index (Phi) is 6.10. The van der Waals surface area contributed by atoms with Gasteiger partial charge in [0.25, 0.3) is 5.91 Å². The van der Waals surface area contributed by atoms with Gasteiger partial charge in [0.2, 0.25) is 0 Å². The van der Waals surface area contributed by atoms with Crippen LogP contribution in [-0.4, -0.2) is 25.6 Å². The van der Waals surface area contributed by atoms with Crippen LogP contribution in [0.1, 0.15) is 17.3 Å². The minimum Gasteiger partial charge on any atom is -0.484 e. The van der Waals surface area contributed by atoms with E-state index in [9.17, 15) is 14.0 Å². The van der Waals surface area contributed by atoms with E-state index in [-0.39, 0.29) is 24.8 Å². The molecule has 1 amide bonds. The molecule has 0 saturated carbocycles. The summed E-state index contributed by atoms with van der Waals surface area (Å²) in [5.74, 6) is -0.778. The zero-order valence-electron chi connectivity index (χ0n) is 12.5. The topological polar surface area (TPSA) is 64.6 Å². The van der Waals surface area contributed by atoms with Crippen LogP contribution in [-0.2, 0) is 14.3 Å². The standard InChI is InChI=1S/C16H16FNO4S/c1-21-16(20)9-13(14-3-2-8-23-14)18-15(19)10-22-12-6-4-11(17)5-7-12/h2-8,13H,9-10H2,1H3,(H,18,19). The number of rotatable bonds is 7. The number of esters is 1. The van der Waals surface area contributed by atoms with Gasteiger partial charge in [-0.15, -0.1) is 11.3 Å². The molecule has 5 nitrogen and oxygen atoms in total. The second-order valence-corrected chi connectivity index (χ2v) is 5.64. The first-order chi connectivity index (χ1) is 11.1. The molecule has 0 aliphatic rings. The van der Waals surface area contributed by atoms with Crippen molar-refractivity contribution in [1.29, 1.82) is 0 Å². The lowest BCUT2D eigenvalue weighted by molar-refractivity contribution is -0.141. The van der Waals surface area contributed by atoms with Crippen LogP contribution in [0, 0.1) is 5.82 Å². The SMILES string of the molecule is COC(=O)CC(NC(=O)COc1ccc(F)cc1)c1cccs1. The highest BCUT2D eigenvalue weighted by atomic mass is 32.1. The second kappa shape index (κ2) is 8.28. The first-order valence-electron chi connectivity index (χ1n) is 6.86. The van der Waals surface area contributed by atoms with Gasteiger partial charge in [0.05, 0.1) is 19.6 Å². The van der Waals surface area contributed by atoms with Crippen LogP contribution in [0.3, 0.4) is 0 Å². The highest BCUT2D eigenvalue weighted by Gasteiger charge is 2.20. The van der Waals surface area contributed by atoms with Crippen molar-refractivity contribution in [3.8, 4) is 5.75 Å². The summed E-state index contributed by atoms with van der Waals surface area (Å²) in [6.45, 7) is -0.227. The van der Waals surface area contributed by atoms with Gasteiger partial charge in [-0.1, -0.05) is 6.07 Å². The summed E-state index contributed by atoms with van der Waals surface area (Å²) in [4.78, 5) is 24.3. The second-order valence-electron chi connectivity index (χ2n) is 4.66. The molecule has 23 heavy (non-hydrogen) atoms. The van der Waals surface area contributed by atoms with Gasteiger partial charge < -0.3 is 14.8 Å². The van der Waals surface area contributed by atoms with Crippen molar-refractivity contribution >= 4 is 23.2 Å². The maximum atomic E-state index is 12.8. The first kappa shape index (κ1) is 17.0. The molecule has 1 N–H and O–H groups in total. The Hall–Kier alpha value is -2.41. The number of nitrogens with one attached hydrogen (secondary N) is 1. The van der Waals surface area contributed by atoms with E-state index in [0.717, 1.165) is 4.88 Å². The predicted molar refractivity (Wildman–Crippen MR) is 83.7 cm³/mol. The van der Waals surface area contributed by atoms with Crippen molar-refractivity contribution in [3.05, 3.63) is 52.5 Å². The van der Waals surface area contributed by atoms with Gasteiger partial charge in [-0.2, -0.15) is 0 Å². The number of hydrogen-bond donors (Lipinski definition) is 1. The molecule has 0 aliphatic carbocycles. The Morgan fingerprint density at radius 3 is 2.61 bits per heavy atom. The third kappa shape index (κ3) is 5.37. The minimum absolute atomic E-state index is 0.0410. The fourth-order valence-corrected chi connectivity index (χ4v) is 2.66. The zero-order chi connectivity index (χ0) is 16.7. The summed E-state index contributed by atoms with van der Waals surface area (Å²) in [6, 6.07) is 8.58. The van der Waals surface area contributed by atoms with Gasteiger partial charge in [-0.3, -0.25) is 9.59 Å². The Balaban J connectivity index is 1.91. The van der Waals surface area contributed by atoms with Crippen LogP contribution in [0.15, 0.2) is 41.8 Å². The molecule has 7 heteroatoms. The van der Waals surface area contributed by atoms with E-state index in [1.807, 2.05) is 17.5 Å². The molecule has 0 bridgehead atoms. The maximum absolute atomic E-state index is 12.8. The van der Waals surface area contributed by atoms with Gasteiger partial charge in [-0.25, -0.2) is 4.39 Å². The highest BCUT2D eigenvalue weighted by molar-refractivity contribution is 7.10. The molecular weight excluding hydrogens is 321 g/mol. The van der Waals surface area contributed by atoms with Crippen molar-refractivity contribution < 1.29 is 23.5 Å². The van der Waals surface area contributed by atoms with E-state index in [0.29, 0.717) is 5.75 Å². The fraction of sp³-hybridized carbons (Fsp3) is 0.250. The third-order valence-corrected chi connectivity index (χ3v) is 3.99. The highest BCUT2D eigenvalue weighted by Crippen LogP contribution is 2.22. The third-order valence-electron chi connectivity index (χ3n) is 3.00. The lowest BCUT2D eigenvalue weighted by Gasteiger charge is -2.16. The number of thiophene rings is 1. The van der Waals surface area contributed by atoms with Gasteiger partial charge in [0.1, 0.15) is 11.6 Å². The summed E-state index contributed by atoms with van der Waals surface area (Å²) in [5.41, 5.74) is 0. The number of benzene rings is 1. The Bertz CT molecular complexity index is 643. The molecular formula is C16H16FNO4S. The number of amides is 1. The van der Waals surface area contributed by atoms with Gasteiger partial charge in [0.15, 0.2) is 6.61 Å². The first-order valence-corrected chi connectivity index (χ1v) is 7.74. The molecule has 122 valence electrons. The normalized spacial score (nSPS) is 11.6. The molecule has 0 saturated heterocycles. The average Bonchev–Trinajstić information content (AvgIpc) is 3.08. The molecule has 1 atom stereocenters. The quantitative estimate of drug-likeness (QED) is 0.789. The molecule has 0 radical (unpaired) electrons. The summed E-state index contributed by atoms with van der Waals surface area (Å²) >= 11 is 1.44. The number of hydrogen-bond acceptors (Lipinski definition) is 5. The Morgan fingerprint density at radius 2 is 2.00 bits per heavy atom. The van der Waals surface area contributed by atoms with Crippen LogP contribution >= 0.6 is 11.3 Å². The number of methoxy groups -OCH3 is 1. The molecule has 0 spiro atoms. The molecule has 0 fully saturated rings. The van der Waals surface area contributed by atoms with E-state index < -0.39 is 12.0 Å². The smallest absolute Gasteiger partial charge is 0.307 e. The summed E-state index contributed by atoms with van der Waals surface area (Å²) in [6.07, 6.45) is 0.0410. The van der Waals surface area contributed by atoms with Crippen LogP contribution in [0.5, 0.6) is 5.75 Å². The molecule has 1 unspecified atom stereocenters. The monoisotopic (exact) mass is 337 g/mol. The van der Waals surface area contributed by atoms with Crippen molar-refractivity contribution in [2.45, 2.75) is 12.5 Å². The van der Waals surface area contributed by atoms with E-state index >= 15 is 0 Å². The van der Waals surface area contributed by atoms with Crippen LogP contribution in [0.2, 0.25) is 0 Å². The predicted octanol–water partition coefficient (Wildman–Crippen LogP) is 2.69. The number of ether oxygens (including phenoxy) is 2. The number of carbonyl (C=O) groups excluding carboxylic acids is 2. The Labute approximate surface area is 137 Å². The van der Waals surface area contributed by atoms with Crippen LogP contribution < -0.4 is 10.1 Å². The Morgan fingerprint density at radius 1 is 1.26 bits per heavy atom. The zero-order valence-corrected chi connectivity index (χ0v) is 13.3. The van der Waals surface area contributed by atoms with E-state index in [2.05, 4.69) is 10.1 Å². The van der Waals surface area contributed by atoms with Crippen molar-refractivity contribution in [2.24, 2.45) is 0 Å². The summed E-state index contributed by atoms with van der Waals surface area (Å²) < 4.78 is 22.7. The van der Waals surface area contributed by atoms with E-state index in [4.69, 9.17) is 4.74 Å². The van der Waals surface area contributed by atoms with Crippen molar-refractivity contribution in [1.82, 2.24) is 5.32 Å². The van der Waals surface area contributed by atoms with Gasteiger partial charge in [-0.05, 0) is 35.7 Å². The number of carbonyl (C=O) groups is 2.